The van der Waals surface area contributed by atoms with Crippen LogP contribution in [0.2, 0.25) is 33.2 Å². The van der Waals surface area contributed by atoms with Crippen LogP contribution in [0, 0.1) is 34.8 Å². The van der Waals surface area contributed by atoms with Crippen LogP contribution >= 0.6 is 0 Å². The molecule has 4 aromatic rings. The monoisotopic (exact) mass is 744 g/mol. The highest BCUT2D eigenvalue weighted by Crippen LogP contribution is 2.49. The molecule has 0 N–H and O–H groups in total. The van der Waals surface area contributed by atoms with Crippen molar-refractivity contribution in [1.29, 1.82) is 0 Å². The Balaban J connectivity index is 1.99. The molecule has 0 unspecified atom stereocenters. The molecule has 0 fully saturated rings. The van der Waals surface area contributed by atoms with Gasteiger partial charge in [0.25, 0.3) is 5.79 Å². The first-order valence-corrected chi connectivity index (χ1v) is 25.2. The minimum Gasteiger partial charge on any atom is -0.448 e. The van der Waals surface area contributed by atoms with Crippen LogP contribution in [0.25, 0.3) is 32.3 Å². The maximum absolute atomic E-state index is 6.98. The van der Waals surface area contributed by atoms with Crippen LogP contribution in [0.4, 0.5) is 0 Å². The lowest BCUT2D eigenvalue weighted by molar-refractivity contribution is -0.108. The van der Waals surface area contributed by atoms with E-state index in [0.717, 1.165) is 46.2 Å². The fourth-order valence-electron chi connectivity index (χ4n) is 10.5. The summed E-state index contributed by atoms with van der Waals surface area (Å²) in [6.07, 6.45) is 1.67. The lowest BCUT2D eigenvalue weighted by Crippen LogP contribution is -2.43. The first kappa shape index (κ1) is 41.0. The zero-order valence-electron chi connectivity index (χ0n) is 36.0. The largest absolute Gasteiger partial charge is 0.448 e. The van der Waals surface area contributed by atoms with Gasteiger partial charge in [-0.2, -0.15) is 0 Å². The molecule has 0 atom stereocenters. The Labute approximate surface area is 325 Å². The topological polar surface area (TPSA) is 18.5 Å². The van der Waals surface area contributed by atoms with Crippen molar-refractivity contribution in [2.75, 3.05) is 0 Å². The minimum atomic E-state index is -2.05. The predicted molar refractivity (Wildman–Crippen MR) is 238 cm³/mol. The van der Waals surface area contributed by atoms with E-state index >= 15 is 0 Å². The van der Waals surface area contributed by atoms with Crippen molar-refractivity contribution in [2.45, 2.75) is 163 Å². The fraction of sp³-hybridized carbons (Fsp3) is 0.551. The van der Waals surface area contributed by atoms with Gasteiger partial charge in [-0.3, -0.25) is 0 Å². The standard InChI is InChI=1S/C49H68O2Si2/c1-31(2)29-49(30-32(3)4)50-47-27-45-41(21-23-52(33(5)6,34(7)8)35(9)10)43-25-39-19-17-18-20-40(39)26-44(43)42(46(45)28-48(47)51-49)22-24-53(36(11)12,37(13)14)38(15)16/h17-20,25-28,31-38H,29-30H2,1-16H3. The predicted octanol–water partition coefficient (Wildman–Crippen LogP) is 14.8. The summed E-state index contributed by atoms with van der Waals surface area (Å²) in [4.78, 5) is 0. The van der Waals surface area contributed by atoms with E-state index in [0.29, 0.717) is 45.1 Å². The molecule has 0 aromatic heterocycles. The minimum absolute atomic E-state index is 0.428. The molecule has 0 bridgehead atoms. The smallest absolute Gasteiger partial charge is 0.252 e. The van der Waals surface area contributed by atoms with E-state index in [1.807, 2.05) is 0 Å². The van der Waals surface area contributed by atoms with Crippen molar-refractivity contribution in [1.82, 2.24) is 0 Å². The zero-order chi connectivity index (χ0) is 39.2. The van der Waals surface area contributed by atoms with Crippen molar-refractivity contribution in [3.05, 3.63) is 59.7 Å². The van der Waals surface area contributed by atoms with Crippen LogP contribution in [-0.2, 0) is 0 Å². The summed E-state index contributed by atoms with van der Waals surface area (Å²) in [5, 5.41) is 7.08. The lowest BCUT2D eigenvalue weighted by atomic mass is 9.90. The summed E-state index contributed by atoms with van der Waals surface area (Å²) < 4.78 is 14.0. The average molecular weight is 745 g/mol. The van der Waals surface area contributed by atoms with E-state index in [9.17, 15) is 0 Å². The number of fused-ring (bicyclic) bond motifs is 4. The molecule has 1 aliphatic rings. The third kappa shape index (κ3) is 7.45. The molecule has 0 saturated carbocycles. The summed E-state index contributed by atoms with van der Waals surface area (Å²) in [6, 6.07) is 18.0. The van der Waals surface area contributed by atoms with Gasteiger partial charge in [-0.15, -0.1) is 11.1 Å². The Morgan fingerprint density at radius 1 is 0.472 bits per heavy atom. The van der Waals surface area contributed by atoms with Crippen LogP contribution in [-0.4, -0.2) is 21.9 Å². The Morgan fingerprint density at radius 3 is 1.06 bits per heavy atom. The third-order valence-electron chi connectivity index (χ3n) is 12.6. The van der Waals surface area contributed by atoms with E-state index in [-0.39, 0.29) is 0 Å². The van der Waals surface area contributed by atoms with Crippen LogP contribution in [0.1, 0.15) is 135 Å². The molecule has 53 heavy (non-hydrogen) atoms. The molecule has 0 saturated heterocycles. The highest BCUT2D eigenvalue weighted by atomic mass is 28.3. The average Bonchev–Trinajstić information content (AvgIpc) is 3.38. The lowest BCUT2D eigenvalue weighted by Gasteiger charge is -2.38. The van der Waals surface area contributed by atoms with E-state index in [1.165, 1.54) is 21.5 Å². The van der Waals surface area contributed by atoms with Crippen molar-refractivity contribution in [3.63, 3.8) is 0 Å². The van der Waals surface area contributed by atoms with Crippen LogP contribution in [0.3, 0.4) is 0 Å². The molecular formula is C49H68O2Si2. The molecule has 284 valence electrons. The molecule has 1 heterocycles. The van der Waals surface area contributed by atoms with E-state index in [4.69, 9.17) is 9.47 Å². The van der Waals surface area contributed by atoms with Crippen LogP contribution in [0.15, 0.2) is 48.5 Å². The van der Waals surface area contributed by atoms with Crippen molar-refractivity contribution < 1.29 is 9.47 Å². The molecule has 2 nitrogen and oxygen atoms in total. The summed E-state index contributed by atoms with van der Waals surface area (Å²) in [5.41, 5.74) is 13.7. The summed E-state index contributed by atoms with van der Waals surface area (Å²) in [6.45, 7) is 37.9. The van der Waals surface area contributed by atoms with Gasteiger partial charge in [-0.1, -0.05) is 147 Å². The molecule has 0 radical (unpaired) electrons. The van der Waals surface area contributed by atoms with Gasteiger partial charge >= 0.3 is 0 Å². The van der Waals surface area contributed by atoms with Gasteiger partial charge in [0.15, 0.2) is 11.5 Å². The zero-order valence-corrected chi connectivity index (χ0v) is 38.0. The molecule has 4 aromatic carbocycles. The number of hydrogen-bond donors (Lipinski definition) is 0. The number of ether oxygens (including phenoxy) is 2. The van der Waals surface area contributed by atoms with Gasteiger partial charge < -0.3 is 9.47 Å². The third-order valence-corrected chi connectivity index (χ3v) is 25.2. The number of rotatable bonds is 10. The Bertz CT molecular complexity index is 1900. The van der Waals surface area contributed by atoms with Crippen molar-refractivity contribution in [2.24, 2.45) is 11.8 Å². The highest BCUT2D eigenvalue weighted by Gasteiger charge is 2.45. The summed E-state index contributed by atoms with van der Waals surface area (Å²) in [5.74, 6) is 9.81. The highest BCUT2D eigenvalue weighted by molar-refractivity contribution is 6.91. The summed E-state index contributed by atoms with van der Waals surface area (Å²) in [7, 11) is -4.10. The van der Waals surface area contributed by atoms with Gasteiger partial charge in [0, 0.05) is 34.7 Å². The summed E-state index contributed by atoms with van der Waals surface area (Å²) >= 11 is 0. The second kappa shape index (κ2) is 15.5. The maximum atomic E-state index is 6.98. The molecule has 0 amide bonds. The van der Waals surface area contributed by atoms with Crippen LogP contribution in [0.5, 0.6) is 11.5 Å². The fourth-order valence-corrected chi connectivity index (χ4v) is 20.9. The van der Waals surface area contributed by atoms with Crippen molar-refractivity contribution >= 4 is 48.5 Å². The first-order valence-electron chi connectivity index (χ1n) is 20.7. The number of hydrogen-bond acceptors (Lipinski definition) is 2. The van der Waals surface area contributed by atoms with Gasteiger partial charge in [-0.05, 0) is 90.9 Å². The molecule has 0 spiro atoms. The first-order chi connectivity index (χ1) is 24.8. The SMILES string of the molecule is CC(C)CC1(CC(C)C)Oc2cc3c(C#C[Si](C(C)C)(C(C)C)C(C)C)c4cc5ccccc5cc4c(C#C[Si](C(C)C)(C(C)C)C(C)C)c3cc2O1. The van der Waals surface area contributed by atoms with E-state index < -0.39 is 21.9 Å². The van der Waals surface area contributed by atoms with Gasteiger partial charge in [0.1, 0.15) is 16.1 Å². The number of benzene rings is 4. The van der Waals surface area contributed by atoms with Crippen molar-refractivity contribution in [3.8, 4) is 34.4 Å². The Kier molecular flexibility index (Phi) is 12.0. The molecule has 0 aliphatic carbocycles. The second-order valence-corrected chi connectivity index (χ2v) is 30.1. The molecular weight excluding hydrogens is 677 g/mol. The normalized spacial score (nSPS) is 14.6. The van der Waals surface area contributed by atoms with E-state index in [2.05, 4.69) is 182 Å². The molecule has 4 heteroatoms. The Hall–Kier alpha value is -3.19. The second-order valence-electron chi connectivity index (χ2n) is 18.9. The maximum Gasteiger partial charge on any atom is 0.252 e. The van der Waals surface area contributed by atoms with Gasteiger partial charge in [0.05, 0.1) is 0 Å². The molecule has 1 aliphatic heterocycles. The Morgan fingerprint density at radius 2 is 0.774 bits per heavy atom. The molecule has 5 rings (SSSR count). The van der Waals surface area contributed by atoms with E-state index in [1.54, 1.807) is 0 Å². The van der Waals surface area contributed by atoms with Crippen LogP contribution < -0.4 is 9.47 Å². The quantitative estimate of drug-likeness (QED) is 0.0914. The van der Waals surface area contributed by atoms with Gasteiger partial charge in [0.2, 0.25) is 0 Å². The van der Waals surface area contributed by atoms with Gasteiger partial charge in [-0.25, -0.2) is 0 Å².